The predicted molar refractivity (Wildman–Crippen MR) is 70.2 cm³/mol. The number of nitrogens with zero attached hydrogens (tertiary/aromatic N) is 3. The van der Waals surface area contributed by atoms with Crippen molar-refractivity contribution < 1.29 is 9.53 Å². The van der Waals surface area contributed by atoms with Crippen LogP contribution in [0.1, 0.15) is 27.9 Å². The molecule has 1 aromatic rings. The first-order valence-corrected chi connectivity index (χ1v) is 5.55. The van der Waals surface area contributed by atoms with Gasteiger partial charge in [-0.25, -0.2) is 4.79 Å². The lowest BCUT2D eigenvalue weighted by molar-refractivity contribution is 0.0600. The molecule has 5 heteroatoms. The zero-order valence-corrected chi connectivity index (χ0v) is 10.5. The molecule has 0 bridgehead atoms. The van der Waals surface area contributed by atoms with E-state index in [1.165, 1.54) is 7.11 Å². The lowest BCUT2D eigenvalue weighted by atomic mass is 10.0. The van der Waals surface area contributed by atoms with Crippen LogP contribution in [0.5, 0.6) is 0 Å². The van der Waals surface area contributed by atoms with Gasteiger partial charge in [-0.15, -0.1) is 0 Å². The number of benzene rings is 1. The molecule has 0 aliphatic rings. The van der Waals surface area contributed by atoms with Crippen LogP contribution in [-0.4, -0.2) is 19.6 Å². The maximum absolute atomic E-state index is 11.4. The summed E-state index contributed by atoms with van der Waals surface area (Å²) in [7, 11) is 1.36. The van der Waals surface area contributed by atoms with E-state index >= 15 is 0 Å². The minimum atomic E-state index is -0.348. The summed E-state index contributed by atoms with van der Waals surface area (Å²) in [6.45, 7) is 2.40. The Morgan fingerprint density at radius 1 is 1.56 bits per heavy atom. The van der Waals surface area contributed by atoms with Crippen LogP contribution in [0.15, 0.2) is 29.4 Å². The molecule has 0 fully saturated rings. The Morgan fingerprint density at radius 2 is 2.33 bits per heavy atom. The Hall–Kier alpha value is -2.26. The van der Waals surface area contributed by atoms with Crippen molar-refractivity contribution in [1.29, 1.82) is 0 Å². The SMILES string of the molecule is COC(=O)c1ccc(C)c(C=CCCN=[N+]=[N-])c1. The molecule has 0 aromatic heterocycles. The average molecular weight is 245 g/mol. The highest BCUT2D eigenvalue weighted by molar-refractivity contribution is 5.90. The Bertz CT molecular complexity index is 503. The Morgan fingerprint density at radius 3 is 3.00 bits per heavy atom. The Labute approximate surface area is 106 Å². The third-order valence-electron chi connectivity index (χ3n) is 2.46. The van der Waals surface area contributed by atoms with Crippen molar-refractivity contribution in [3.05, 3.63) is 51.4 Å². The van der Waals surface area contributed by atoms with Gasteiger partial charge in [-0.05, 0) is 42.1 Å². The van der Waals surface area contributed by atoms with Crippen LogP contribution in [0.4, 0.5) is 0 Å². The average Bonchev–Trinajstić information content (AvgIpc) is 2.39. The summed E-state index contributed by atoms with van der Waals surface area (Å²) in [5, 5.41) is 3.44. The molecule has 0 unspecified atom stereocenters. The van der Waals surface area contributed by atoms with Crippen molar-refractivity contribution in [1.82, 2.24) is 0 Å². The molecule has 0 N–H and O–H groups in total. The van der Waals surface area contributed by atoms with Crippen LogP contribution in [0.2, 0.25) is 0 Å². The van der Waals surface area contributed by atoms with Gasteiger partial charge in [0.25, 0.3) is 0 Å². The standard InChI is InChI=1S/C13H15N3O2/c1-10-6-7-12(13(17)18-2)9-11(10)5-3-4-8-15-16-14/h3,5-7,9H,4,8H2,1-2H3. The van der Waals surface area contributed by atoms with E-state index in [9.17, 15) is 4.79 Å². The van der Waals surface area contributed by atoms with Gasteiger partial charge in [0.05, 0.1) is 12.7 Å². The summed E-state index contributed by atoms with van der Waals surface area (Å²) in [6, 6.07) is 5.39. The normalized spacial score (nSPS) is 10.1. The van der Waals surface area contributed by atoms with Gasteiger partial charge >= 0.3 is 5.97 Å². The van der Waals surface area contributed by atoms with Gasteiger partial charge in [0.2, 0.25) is 0 Å². The lowest BCUT2D eigenvalue weighted by Crippen LogP contribution is -2.01. The molecule has 18 heavy (non-hydrogen) atoms. The van der Waals surface area contributed by atoms with Crippen molar-refractivity contribution in [3.8, 4) is 0 Å². The highest BCUT2D eigenvalue weighted by Crippen LogP contribution is 2.14. The van der Waals surface area contributed by atoms with Gasteiger partial charge in [0.15, 0.2) is 0 Å². The number of hydrogen-bond donors (Lipinski definition) is 0. The molecular formula is C13H15N3O2. The van der Waals surface area contributed by atoms with Crippen LogP contribution in [0.25, 0.3) is 16.5 Å². The van der Waals surface area contributed by atoms with E-state index < -0.39 is 0 Å². The van der Waals surface area contributed by atoms with Crippen LogP contribution >= 0.6 is 0 Å². The van der Waals surface area contributed by atoms with E-state index in [0.717, 1.165) is 11.1 Å². The van der Waals surface area contributed by atoms with E-state index in [1.54, 1.807) is 12.1 Å². The highest BCUT2D eigenvalue weighted by Gasteiger charge is 2.06. The smallest absolute Gasteiger partial charge is 0.337 e. The summed E-state index contributed by atoms with van der Waals surface area (Å²) in [6.07, 6.45) is 4.50. The lowest BCUT2D eigenvalue weighted by Gasteiger charge is -2.04. The molecule has 0 heterocycles. The topological polar surface area (TPSA) is 75.1 Å². The number of methoxy groups -OCH3 is 1. The molecule has 0 saturated heterocycles. The van der Waals surface area contributed by atoms with E-state index in [0.29, 0.717) is 18.5 Å². The van der Waals surface area contributed by atoms with Crippen LogP contribution in [0, 0.1) is 6.92 Å². The molecule has 0 atom stereocenters. The summed E-state index contributed by atoms with van der Waals surface area (Å²) in [5.74, 6) is -0.348. The minimum absolute atomic E-state index is 0.348. The second kappa shape index (κ2) is 7.14. The monoisotopic (exact) mass is 245 g/mol. The number of hydrogen-bond acceptors (Lipinski definition) is 3. The van der Waals surface area contributed by atoms with Gasteiger partial charge < -0.3 is 4.74 Å². The largest absolute Gasteiger partial charge is 0.465 e. The summed E-state index contributed by atoms with van der Waals surface area (Å²) in [4.78, 5) is 14.1. The van der Waals surface area contributed by atoms with Crippen LogP contribution in [-0.2, 0) is 4.74 Å². The molecule has 0 aliphatic heterocycles. The summed E-state index contributed by atoms with van der Waals surface area (Å²) in [5.41, 5.74) is 10.7. The van der Waals surface area contributed by atoms with Crippen molar-refractivity contribution in [2.45, 2.75) is 13.3 Å². The second-order valence-corrected chi connectivity index (χ2v) is 3.71. The van der Waals surface area contributed by atoms with E-state index in [1.807, 2.05) is 25.1 Å². The number of esters is 1. The fourth-order valence-electron chi connectivity index (χ4n) is 1.45. The first-order valence-electron chi connectivity index (χ1n) is 5.55. The zero-order valence-electron chi connectivity index (χ0n) is 10.5. The van der Waals surface area contributed by atoms with E-state index in [2.05, 4.69) is 14.8 Å². The molecule has 94 valence electrons. The van der Waals surface area contributed by atoms with Crippen molar-refractivity contribution >= 4 is 12.0 Å². The van der Waals surface area contributed by atoms with Crippen molar-refractivity contribution in [3.63, 3.8) is 0 Å². The van der Waals surface area contributed by atoms with Gasteiger partial charge in [0, 0.05) is 11.5 Å². The molecule has 0 spiro atoms. The maximum Gasteiger partial charge on any atom is 0.337 e. The second-order valence-electron chi connectivity index (χ2n) is 3.71. The quantitative estimate of drug-likeness (QED) is 0.262. The first-order chi connectivity index (χ1) is 8.69. The molecule has 1 aromatic carbocycles. The van der Waals surface area contributed by atoms with Gasteiger partial charge in [-0.3, -0.25) is 0 Å². The van der Waals surface area contributed by atoms with Gasteiger partial charge in [-0.1, -0.05) is 23.3 Å². The third kappa shape index (κ3) is 3.96. The maximum atomic E-state index is 11.4. The minimum Gasteiger partial charge on any atom is -0.465 e. The van der Waals surface area contributed by atoms with Crippen LogP contribution in [0.3, 0.4) is 0 Å². The summed E-state index contributed by atoms with van der Waals surface area (Å²) >= 11 is 0. The predicted octanol–water partition coefficient (Wildman–Crippen LogP) is 3.50. The van der Waals surface area contributed by atoms with E-state index in [-0.39, 0.29) is 5.97 Å². The van der Waals surface area contributed by atoms with Gasteiger partial charge in [0.1, 0.15) is 0 Å². The summed E-state index contributed by atoms with van der Waals surface area (Å²) < 4.78 is 4.67. The fraction of sp³-hybridized carbons (Fsp3) is 0.308. The number of carbonyl (C=O) groups excluding carboxylic acids is 1. The molecule has 0 aliphatic carbocycles. The first kappa shape index (κ1) is 13.8. The molecule has 5 nitrogen and oxygen atoms in total. The molecule has 0 radical (unpaired) electrons. The molecule has 0 amide bonds. The molecule has 0 saturated carbocycles. The number of azide groups is 1. The van der Waals surface area contributed by atoms with Crippen LogP contribution < -0.4 is 0 Å². The van der Waals surface area contributed by atoms with Gasteiger partial charge in [-0.2, -0.15) is 0 Å². The van der Waals surface area contributed by atoms with E-state index in [4.69, 9.17) is 5.53 Å². The molecular weight excluding hydrogens is 230 g/mol. The number of carbonyl (C=O) groups is 1. The fourth-order valence-corrected chi connectivity index (χ4v) is 1.45. The van der Waals surface area contributed by atoms with Crippen molar-refractivity contribution in [2.75, 3.05) is 13.7 Å². The zero-order chi connectivity index (χ0) is 13.4. The highest BCUT2D eigenvalue weighted by atomic mass is 16.5. The number of rotatable bonds is 5. The van der Waals surface area contributed by atoms with Crippen molar-refractivity contribution in [2.24, 2.45) is 5.11 Å². The third-order valence-corrected chi connectivity index (χ3v) is 2.46. The number of aryl methyl sites for hydroxylation is 1. The Balaban J connectivity index is 2.80. The Kier molecular flexibility index (Phi) is 5.48. The number of ether oxygens (including phenoxy) is 1. The molecule has 1 rings (SSSR count).